The van der Waals surface area contributed by atoms with Crippen LogP contribution in [0.4, 0.5) is 0 Å². The molecule has 10 nitrogen and oxygen atoms in total. The van der Waals surface area contributed by atoms with Gasteiger partial charge in [-0.1, -0.05) is 6.08 Å². The van der Waals surface area contributed by atoms with E-state index in [9.17, 15) is 4.57 Å². The zero-order chi connectivity index (χ0) is 17.7. The molecule has 0 aliphatic heterocycles. The van der Waals surface area contributed by atoms with Crippen LogP contribution in [0.3, 0.4) is 0 Å². The predicted molar refractivity (Wildman–Crippen MR) is 82.3 cm³/mol. The summed E-state index contributed by atoms with van der Waals surface area (Å²) in [5.41, 5.74) is 0. The molecule has 0 saturated carbocycles. The van der Waals surface area contributed by atoms with Crippen LogP contribution in [0.1, 0.15) is 0 Å². The molecule has 0 aromatic heterocycles. The maximum Gasteiger partial charge on any atom is 0.469 e. The van der Waals surface area contributed by atoms with E-state index in [0.717, 1.165) is 0 Å². The molecule has 0 rings (SSSR count). The number of aliphatic hydroxyl groups excluding tert-OH is 4. The van der Waals surface area contributed by atoms with Crippen LogP contribution >= 0.6 is 7.82 Å². The third-order valence-electron chi connectivity index (χ3n) is 1.51. The lowest BCUT2D eigenvalue weighted by atomic mass is 10.6. The summed E-state index contributed by atoms with van der Waals surface area (Å²) in [6, 6.07) is 0. The van der Waals surface area contributed by atoms with Crippen molar-refractivity contribution in [3.05, 3.63) is 12.7 Å². The van der Waals surface area contributed by atoms with Crippen molar-refractivity contribution in [3.8, 4) is 0 Å². The van der Waals surface area contributed by atoms with Gasteiger partial charge in [-0.15, -0.1) is 6.58 Å². The number of aliphatic hydroxyl groups is 4. The van der Waals surface area contributed by atoms with Gasteiger partial charge < -0.3 is 40.8 Å². The quantitative estimate of drug-likeness (QED) is 0.112. The van der Waals surface area contributed by atoms with Crippen molar-refractivity contribution in [2.45, 2.75) is 0 Å². The standard InChI is InChI=1S/2C4H11NO2.C3H7O4P/c2*6-3-1-5-2-4-7;1-2-3-7-8(4,5)6/h2*5-7H,1-4H2;2H,1,3H2,(H2,4,5,6). The van der Waals surface area contributed by atoms with Crippen LogP contribution in [-0.4, -0.2) is 89.4 Å². The first kappa shape index (κ1) is 26.5. The van der Waals surface area contributed by atoms with Gasteiger partial charge in [0.2, 0.25) is 0 Å². The first-order valence-corrected chi connectivity index (χ1v) is 8.08. The summed E-state index contributed by atoms with van der Waals surface area (Å²) in [4.78, 5) is 16.0. The average Bonchev–Trinajstić information content (AvgIpc) is 2.47. The van der Waals surface area contributed by atoms with Crippen molar-refractivity contribution in [2.24, 2.45) is 0 Å². The minimum atomic E-state index is -4.25. The second-order valence-corrected chi connectivity index (χ2v) is 4.71. The molecule has 0 saturated heterocycles. The van der Waals surface area contributed by atoms with Crippen molar-refractivity contribution in [2.75, 3.05) is 59.2 Å². The van der Waals surface area contributed by atoms with E-state index in [-0.39, 0.29) is 33.0 Å². The molecule has 11 heteroatoms. The highest BCUT2D eigenvalue weighted by molar-refractivity contribution is 7.46. The minimum Gasteiger partial charge on any atom is -0.395 e. The molecular weight excluding hydrogens is 319 g/mol. The summed E-state index contributed by atoms with van der Waals surface area (Å²) in [7, 11) is -4.25. The molecular formula is C11H29N2O8P. The van der Waals surface area contributed by atoms with Crippen LogP contribution in [0, 0.1) is 0 Å². The third-order valence-corrected chi connectivity index (χ3v) is 2.00. The molecule has 0 amide bonds. The average molecular weight is 348 g/mol. The van der Waals surface area contributed by atoms with Gasteiger partial charge in [-0.3, -0.25) is 4.52 Å². The van der Waals surface area contributed by atoms with Gasteiger partial charge in [-0.2, -0.15) is 0 Å². The Hall–Kier alpha value is -0.390. The maximum atomic E-state index is 9.81. The fourth-order valence-electron chi connectivity index (χ4n) is 0.716. The van der Waals surface area contributed by atoms with Crippen LogP contribution in [0.5, 0.6) is 0 Å². The molecule has 0 aliphatic carbocycles. The van der Waals surface area contributed by atoms with Crippen molar-refractivity contribution >= 4 is 7.82 Å². The maximum absolute atomic E-state index is 9.81. The van der Waals surface area contributed by atoms with Crippen molar-refractivity contribution in [1.82, 2.24) is 10.6 Å². The summed E-state index contributed by atoms with van der Waals surface area (Å²) >= 11 is 0. The van der Waals surface area contributed by atoms with E-state index in [2.05, 4.69) is 21.7 Å². The highest BCUT2D eigenvalue weighted by Crippen LogP contribution is 2.35. The molecule has 0 aromatic carbocycles. The van der Waals surface area contributed by atoms with E-state index < -0.39 is 7.82 Å². The van der Waals surface area contributed by atoms with Crippen LogP contribution in [0.2, 0.25) is 0 Å². The third kappa shape index (κ3) is 42.7. The highest BCUT2D eigenvalue weighted by Gasteiger charge is 2.10. The van der Waals surface area contributed by atoms with E-state index in [1.807, 2.05) is 0 Å². The van der Waals surface area contributed by atoms with E-state index in [4.69, 9.17) is 30.2 Å². The molecule has 0 aliphatic rings. The Morgan fingerprint density at radius 3 is 1.32 bits per heavy atom. The second-order valence-electron chi connectivity index (χ2n) is 3.47. The molecule has 0 bridgehead atoms. The lowest BCUT2D eigenvalue weighted by molar-refractivity contribution is 0.216. The Balaban J connectivity index is -0.000000247. The molecule has 8 N–H and O–H groups in total. The molecule has 0 heterocycles. The first-order valence-electron chi connectivity index (χ1n) is 6.55. The Bertz CT molecular complexity index is 234. The van der Waals surface area contributed by atoms with Crippen LogP contribution in [-0.2, 0) is 9.09 Å². The lowest BCUT2D eigenvalue weighted by Gasteiger charge is -1.98. The SMILES string of the molecule is C=CCOP(=O)(O)O.OCCNCCO.OCCNCCO. The zero-order valence-electron chi connectivity index (χ0n) is 12.6. The van der Waals surface area contributed by atoms with Gasteiger partial charge in [0.15, 0.2) is 0 Å². The fraction of sp³-hybridized carbons (Fsp3) is 0.818. The highest BCUT2D eigenvalue weighted by atomic mass is 31.2. The number of phosphoric ester groups is 1. The lowest BCUT2D eigenvalue weighted by Crippen LogP contribution is -2.21. The van der Waals surface area contributed by atoms with Gasteiger partial charge in [-0.05, 0) is 0 Å². The van der Waals surface area contributed by atoms with Crippen molar-refractivity contribution in [1.29, 1.82) is 0 Å². The zero-order valence-corrected chi connectivity index (χ0v) is 13.5. The first-order chi connectivity index (χ1) is 10.4. The minimum absolute atomic E-state index is 0.121. The molecule has 0 unspecified atom stereocenters. The van der Waals surface area contributed by atoms with Crippen LogP contribution in [0.15, 0.2) is 12.7 Å². The van der Waals surface area contributed by atoms with Crippen molar-refractivity contribution in [3.63, 3.8) is 0 Å². The predicted octanol–water partition coefficient (Wildman–Crippen LogP) is -2.60. The van der Waals surface area contributed by atoms with E-state index in [0.29, 0.717) is 26.2 Å². The summed E-state index contributed by atoms with van der Waals surface area (Å²) < 4.78 is 13.7. The smallest absolute Gasteiger partial charge is 0.395 e. The van der Waals surface area contributed by atoms with Gasteiger partial charge >= 0.3 is 7.82 Å². The largest absolute Gasteiger partial charge is 0.469 e. The van der Waals surface area contributed by atoms with Gasteiger partial charge in [-0.25, -0.2) is 4.57 Å². The topological polar surface area (TPSA) is 172 Å². The van der Waals surface area contributed by atoms with Gasteiger partial charge in [0, 0.05) is 26.2 Å². The second kappa shape index (κ2) is 22.9. The normalized spacial score (nSPS) is 10.1. The molecule has 0 radical (unpaired) electrons. The Kier molecular flexibility index (Phi) is 27.6. The Labute approximate surface area is 130 Å². The van der Waals surface area contributed by atoms with Gasteiger partial charge in [0.1, 0.15) is 0 Å². The summed E-state index contributed by atoms with van der Waals surface area (Å²) in [6.45, 7) is 5.91. The molecule has 0 atom stereocenters. The summed E-state index contributed by atoms with van der Waals surface area (Å²) in [5.74, 6) is 0. The Morgan fingerprint density at radius 1 is 0.864 bits per heavy atom. The fourth-order valence-corrected chi connectivity index (χ4v) is 1.02. The number of rotatable bonds is 11. The Morgan fingerprint density at radius 2 is 1.18 bits per heavy atom. The molecule has 22 heavy (non-hydrogen) atoms. The molecule has 0 aromatic rings. The van der Waals surface area contributed by atoms with E-state index >= 15 is 0 Å². The van der Waals surface area contributed by atoms with E-state index in [1.165, 1.54) is 6.08 Å². The van der Waals surface area contributed by atoms with E-state index in [1.54, 1.807) is 0 Å². The van der Waals surface area contributed by atoms with Gasteiger partial charge in [0.25, 0.3) is 0 Å². The van der Waals surface area contributed by atoms with Crippen LogP contribution < -0.4 is 10.6 Å². The monoisotopic (exact) mass is 348 g/mol. The number of hydrogen-bond acceptors (Lipinski definition) is 8. The summed E-state index contributed by atoms with van der Waals surface area (Å²) in [6.07, 6.45) is 1.26. The molecule has 0 fully saturated rings. The summed E-state index contributed by atoms with van der Waals surface area (Å²) in [5, 5.41) is 38.2. The van der Waals surface area contributed by atoms with Crippen molar-refractivity contribution < 1.29 is 39.3 Å². The number of nitrogens with one attached hydrogen (secondary N) is 2. The molecule has 136 valence electrons. The number of hydrogen-bond donors (Lipinski definition) is 8. The number of phosphoric acid groups is 1. The molecule has 0 spiro atoms. The van der Waals surface area contributed by atoms with Gasteiger partial charge in [0.05, 0.1) is 33.0 Å². The van der Waals surface area contributed by atoms with Crippen LogP contribution in [0.25, 0.3) is 0 Å².